The van der Waals surface area contributed by atoms with E-state index in [-0.39, 0.29) is 5.91 Å². The predicted molar refractivity (Wildman–Crippen MR) is 70.0 cm³/mol. The molecule has 0 aromatic carbocycles. The lowest BCUT2D eigenvalue weighted by Crippen LogP contribution is -2.30. The molecular weight excluding hydrogens is 228 g/mol. The first kappa shape index (κ1) is 13.1. The topological polar surface area (TPSA) is 45.5 Å². The SMILES string of the molecule is CCN(Cc1ccco1)C(=O)CCC1CCNC1. The zero-order valence-electron chi connectivity index (χ0n) is 11.0. The van der Waals surface area contributed by atoms with E-state index in [0.717, 1.165) is 31.8 Å². The van der Waals surface area contributed by atoms with Crippen LogP contribution in [-0.2, 0) is 11.3 Å². The fourth-order valence-electron chi connectivity index (χ4n) is 2.41. The minimum Gasteiger partial charge on any atom is -0.467 e. The van der Waals surface area contributed by atoms with Crippen LogP contribution in [0.4, 0.5) is 0 Å². The molecule has 1 unspecified atom stereocenters. The van der Waals surface area contributed by atoms with Gasteiger partial charge in [0.25, 0.3) is 0 Å². The molecule has 1 aliphatic heterocycles. The van der Waals surface area contributed by atoms with Gasteiger partial charge in [-0.3, -0.25) is 4.79 Å². The fourth-order valence-corrected chi connectivity index (χ4v) is 2.41. The summed E-state index contributed by atoms with van der Waals surface area (Å²) in [6, 6.07) is 3.77. The summed E-state index contributed by atoms with van der Waals surface area (Å²) in [4.78, 5) is 14.0. The Kier molecular flexibility index (Phi) is 4.81. The Labute approximate surface area is 108 Å². The average Bonchev–Trinajstić information content (AvgIpc) is 3.06. The Hall–Kier alpha value is -1.29. The van der Waals surface area contributed by atoms with Crippen LogP contribution in [0.2, 0.25) is 0 Å². The summed E-state index contributed by atoms with van der Waals surface area (Å²) in [7, 11) is 0. The third-order valence-corrected chi connectivity index (χ3v) is 3.59. The molecule has 1 atom stereocenters. The van der Waals surface area contributed by atoms with Crippen molar-refractivity contribution in [1.82, 2.24) is 10.2 Å². The van der Waals surface area contributed by atoms with Gasteiger partial charge < -0.3 is 14.6 Å². The molecule has 0 bridgehead atoms. The van der Waals surface area contributed by atoms with Crippen molar-refractivity contribution in [2.45, 2.75) is 32.7 Å². The number of hydrogen-bond acceptors (Lipinski definition) is 3. The van der Waals surface area contributed by atoms with E-state index in [0.29, 0.717) is 18.9 Å². The van der Waals surface area contributed by atoms with Crippen LogP contribution < -0.4 is 5.32 Å². The molecule has 0 spiro atoms. The van der Waals surface area contributed by atoms with Gasteiger partial charge in [-0.25, -0.2) is 0 Å². The quantitative estimate of drug-likeness (QED) is 0.840. The van der Waals surface area contributed by atoms with Crippen LogP contribution in [0.1, 0.15) is 31.9 Å². The maximum absolute atomic E-state index is 12.1. The molecule has 1 saturated heterocycles. The summed E-state index contributed by atoms with van der Waals surface area (Å²) in [6.07, 6.45) is 4.51. The Morgan fingerprint density at radius 2 is 2.50 bits per heavy atom. The number of furan rings is 1. The van der Waals surface area contributed by atoms with Gasteiger partial charge in [0.15, 0.2) is 0 Å². The van der Waals surface area contributed by atoms with Crippen LogP contribution >= 0.6 is 0 Å². The molecule has 1 fully saturated rings. The molecule has 1 aromatic rings. The van der Waals surface area contributed by atoms with Gasteiger partial charge in [-0.2, -0.15) is 0 Å². The van der Waals surface area contributed by atoms with Gasteiger partial charge in [0.05, 0.1) is 12.8 Å². The van der Waals surface area contributed by atoms with Crippen molar-refractivity contribution in [3.8, 4) is 0 Å². The smallest absolute Gasteiger partial charge is 0.222 e. The lowest BCUT2D eigenvalue weighted by Gasteiger charge is -2.20. The second-order valence-electron chi connectivity index (χ2n) is 4.88. The maximum Gasteiger partial charge on any atom is 0.222 e. The van der Waals surface area contributed by atoms with E-state index in [2.05, 4.69) is 5.32 Å². The fraction of sp³-hybridized carbons (Fsp3) is 0.643. The third kappa shape index (κ3) is 3.60. The van der Waals surface area contributed by atoms with Gasteiger partial charge in [0.1, 0.15) is 5.76 Å². The van der Waals surface area contributed by atoms with Crippen LogP contribution in [0.3, 0.4) is 0 Å². The van der Waals surface area contributed by atoms with Crippen LogP contribution in [0.5, 0.6) is 0 Å². The van der Waals surface area contributed by atoms with Gasteiger partial charge in [-0.15, -0.1) is 0 Å². The summed E-state index contributed by atoms with van der Waals surface area (Å²) >= 11 is 0. The Bertz CT molecular complexity index is 356. The molecule has 18 heavy (non-hydrogen) atoms. The first-order chi connectivity index (χ1) is 8.79. The van der Waals surface area contributed by atoms with Gasteiger partial charge in [0.2, 0.25) is 5.91 Å². The molecule has 0 aliphatic carbocycles. The molecule has 1 N–H and O–H groups in total. The van der Waals surface area contributed by atoms with Gasteiger partial charge in [-0.1, -0.05) is 0 Å². The van der Waals surface area contributed by atoms with Crippen molar-refractivity contribution in [2.75, 3.05) is 19.6 Å². The monoisotopic (exact) mass is 250 g/mol. The zero-order valence-corrected chi connectivity index (χ0v) is 11.0. The molecule has 0 radical (unpaired) electrons. The molecule has 100 valence electrons. The predicted octanol–water partition coefficient (Wildman–Crippen LogP) is 2.02. The Morgan fingerprint density at radius 1 is 1.61 bits per heavy atom. The molecule has 2 rings (SSSR count). The first-order valence-electron chi connectivity index (χ1n) is 6.80. The van der Waals surface area contributed by atoms with Crippen molar-refractivity contribution in [3.05, 3.63) is 24.2 Å². The van der Waals surface area contributed by atoms with Gasteiger partial charge >= 0.3 is 0 Å². The number of rotatable bonds is 6. The van der Waals surface area contributed by atoms with E-state index in [1.807, 2.05) is 24.0 Å². The Morgan fingerprint density at radius 3 is 3.11 bits per heavy atom. The summed E-state index contributed by atoms with van der Waals surface area (Å²) in [5.74, 6) is 1.77. The zero-order chi connectivity index (χ0) is 12.8. The first-order valence-corrected chi connectivity index (χ1v) is 6.80. The number of amides is 1. The standard InChI is InChI=1S/C14H22N2O2/c1-2-16(11-13-4-3-9-18-13)14(17)6-5-12-7-8-15-10-12/h3-4,9,12,15H,2,5-8,10-11H2,1H3. The summed E-state index contributed by atoms with van der Waals surface area (Å²) in [5.41, 5.74) is 0. The highest BCUT2D eigenvalue weighted by Gasteiger charge is 2.18. The van der Waals surface area contributed by atoms with Crippen molar-refractivity contribution < 1.29 is 9.21 Å². The number of nitrogens with one attached hydrogen (secondary N) is 1. The van der Waals surface area contributed by atoms with E-state index in [4.69, 9.17) is 4.42 Å². The highest BCUT2D eigenvalue weighted by molar-refractivity contribution is 5.76. The molecule has 4 nitrogen and oxygen atoms in total. The average molecular weight is 250 g/mol. The van der Waals surface area contributed by atoms with Crippen LogP contribution in [0.25, 0.3) is 0 Å². The summed E-state index contributed by atoms with van der Waals surface area (Å²) in [6.45, 7) is 5.51. The van der Waals surface area contributed by atoms with Crippen molar-refractivity contribution in [3.63, 3.8) is 0 Å². The largest absolute Gasteiger partial charge is 0.467 e. The van der Waals surface area contributed by atoms with E-state index < -0.39 is 0 Å². The minimum atomic E-state index is 0.237. The van der Waals surface area contributed by atoms with Crippen molar-refractivity contribution >= 4 is 5.91 Å². The van der Waals surface area contributed by atoms with E-state index in [9.17, 15) is 4.79 Å². The molecule has 4 heteroatoms. The van der Waals surface area contributed by atoms with Crippen molar-refractivity contribution in [1.29, 1.82) is 0 Å². The lowest BCUT2D eigenvalue weighted by molar-refractivity contribution is -0.132. The van der Waals surface area contributed by atoms with E-state index in [1.165, 1.54) is 6.42 Å². The molecule has 2 heterocycles. The molecule has 1 amide bonds. The number of carbonyl (C=O) groups is 1. The molecule has 1 aromatic heterocycles. The maximum atomic E-state index is 12.1. The summed E-state index contributed by atoms with van der Waals surface area (Å²) < 4.78 is 5.29. The molecular formula is C14H22N2O2. The van der Waals surface area contributed by atoms with E-state index in [1.54, 1.807) is 6.26 Å². The van der Waals surface area contributed by atoms with Crippen molar-refractivity contribution in [2.24, 2.45) is 5.92 Å². The Balaban J connectivity index is 1.77. The number of carbonyl (C=O) groups excluding carboxylic acids is 1. The number of hydrogen-bond donors (Lipinski definition) is 1. The number of nitrogens with zero attached hydrogens (tertiary/aromatic N) is 1. The summed E-state index contributed by atoms with van der Waals surface area (Å²) in [5, 5.41) is 3.34. The second-order valence-corrected chi connectivity index (χ2v) is 4.88. The molecule has 1 aliphatic rings. The van der Waals surface area contributed by atoms with Gasteiger partial charge in [-0.05, 0) is 50.9 Å². The highest BCUT2D eigenvalue weighted by Crippen LogP contribution is 2.16. The van der Waals surface area contributed by atoms with Crippen LogP contribution in [0.15, 0.2) is 22.8 Å². The van der Waals surface area contributed by atoms with Crippen LogP contribution in [-0.4, -0.2) is 30.4 Å². The normalized spacial score (nSPS) is 19.1. The molecule has 0 saturated carbocycles. The third-order valence-electron chi connectivity index (χ3n) is 3.59. The van der Waals surface area contributed by atoms with Crippen LogP contribution in [0, 0.1) is 5.92 Å². The lowest BCUT2D eigenvalue weighted by atomic mass is 10.0. The van der Waals surface area contributed by atoms with Gasteiger partial charge in [0, 0.05) is 13.0 Å². The van der Waals surface area contributed by atoms with E-state index >= 15 is 0 Å². The highest BCUT2D eigenvalue weighted by atomic mass is 16.3. The minimum absolute atomic E-state index is 0.237. The second kappa shape index (κ2) is 6.59.